The molecule has 0 radical (unpaired) electrons. The standard InChI is InChI=1S/C26H29NO4/c1-4-27(18-20-15-16-23(29-2)24(17-20)30-3)25(28)19-31-26(21-11-7-5-8-12-21)22-13-9-6-10-14-22/h5-17,26H,4,18-19H2,1-3H3. The Morgan fingerprint density at radius 2 is 1.42 bits per heavy atom. The van der Waals surface area contributed by atoms with Crippen LogP contribution in [-0.2, 0) is 16.1 Å². The molecular formula is C26H29NO4. The molecular weight excluding hydrogens is 390 g/mol. The number of carbonyl (C=O) groups excluding carboxylic acids is 1. The first kappa shape index (κ1) is 22.4. The van der Waals surface area contributed by atoms with Crippen LogP contribution in [0.15, 0.2) is 78.9 Å². The van der Waals surface area contributed by atoms with E-state index in [1.165, 1.54) is 0 Å². The number of hydrogen-bond acceptors (Lipinski definition) is 4. The van der Waals surface area contributed by atoms with Gasteiger partial charge in [-0.25, -0.2) is 0 Å². The van der Waals surface area contributed by atoms with Gasteiger partial charge in [0, 0.05) is 13.1 Å². The average molecular weight is 420 g/mol. The third-order valence-corrected chi connectivity index (χ3v) is 5.13. The molecule has 0 unspecified atom stereocenters. The zero-order valence-electron chi connectivity index (χ0n) is 18.3. The molecule has 0 heterocycles. The second kappa shape index (κ2) is 11.2. The first-order chi connectivity index (χ1) is 15.2. The van der Waals surface area contributed by atoms with Crippen molar-refractivity contribution in [3.8, 4) is 11.5 Å². The SMILES string of the molecule is CCN(Cc1ccc(OC)c(OC)c1)C(=O)COC(c1ccccc1)c1ccccc1. The third kappa shape index (κ3) is 5.86. The van der Waals surface area contributed by atoms with Gasteiger partial charge in [0.15, 0.2) is 11.5 Å². The summed E-state index contributed by atoms with van der Waals surface area (Å²) in [7, 11) is 3.21. The molecule has 0 spiro atoms. The molecule has 3 aromatic rings. The molecule has 0 saturated carbocycles. The summed E-state index contributed by atoms with van der Waals surface area (Å²) in [5.74, 6) is 1.25. The average Bonchev–Trinajstić information content (AvgIpc) is 2.83. The highest BCUT2D eigenvalue weighted by Crippen LogP contribution is 2.28. The fraction of sp³-hybridized carbons (Fsp3) is 0.269. The van der Waals surface area contributed by atoms with Crippen molar-refractivity contribution >= 4 is 5.91 Å². The fourth-order valence-electron chi connectivity index (χ4n) is 3.46. The van der Waals surface area contributed by atoms with Crippen LogP contribution >= 0.6 is 0 Å². The summed E-state index contributed by atoms with van der Waals surface area (Å²) in [6.45, 7) is 3.01. The molecule has 0 aromatic heterocycles. The molecule has 162 valence electrons. The molecule has 3 aromatic carbocycles. The van der Waals surface area contributed by atoms with Gasteiger partial charge in [-0.1, -0.05) is 66.7 Å². The quantitative estimate of drug-likeness (QED) is 0.471. The van der Waals surface area contributed by atoms with E-state index in [4.69, 9.17) is 14.2 Å². The van der Waals surface area contributed by atoms with Crippen LogP contribution in [0.25, 0.3) is 0 Å². The van der Waals surface area contributed by atoms with Gasteiger partial charge in [-0.15, -0.1) is 0 Å². The Morgan fingerprint density at radius 1 is 0.839 bits per heavy atom. The minimum absolute atomic E-state index is 0.00438. The van der Waals surface area contributed by atoms with E-state index in [1.54, 1.807) is 19.1 Å². The van der Waals surface area contributed by atoms with Crippen LogP contribution in [0.2, 0.25) is 0 Å². The van der Waals surface area contributed by atoms with E-state index in [1.807, 2.05) is 85.8 Å². The molecule has 1 amide bonds. The number of amides is 1. The fourth-order valence-corrected chi connectivity index (χ4v) is 3.46. The van der Waals surface area contributed by atoms with E-state index in [0.717, 1.165) is 16.7 Å². The number of rotatable bonds is 10. The van der Waals surface area contributed by atoms with Crippen molar-refractivity contribution in [1.29, 1.82) is 0 Å². The van der Waals surface area contributed by atoms with Gasteiger partial charge in [0.25, 0.3) is 0 Å². The number of nitrogens with zero attached hydrogens (tertiary/aromatic N) is 1. The summed E-state index contributed by atoms with van der Waals surface area (Å²) in [5, 5.41) is 0. The zero-order chi connectivity index (χ0) is 22.1. The van der Waals surface area contributed by atoms with Gasteiger partial charge in [0.1, 0.15) is 12.7 Å². The molecule has 0 aliphatic rings. The normalized spacial score (nSPS) is 10.7. The summed E-state index contributed by atoms with van der Waals surface area (Å²) in [4.78, 5) is 14.7. The maximum absolute atomic E-state index is 13.0. The summed E-state index contributed by atoms with van der Waals surface area (Å²) in [6.07, 6.45) is -0.300. The lowest BCUT2D eigenvalue weighted by Gasteiger charge is -2.24. The summed E-state index contributed by atoms with van der Waals surface area (Å²) in [5.41, 5.74) is 3.00. The lowest BCUT2D eigenvalue weighted by atomic mass is 10.0. The van der Waals surface area contributed by atoms with Gasteiger partial charge in [0.05, 0.1) is 14.2 Å². The summed E-state index contributed by atoms with van der Waals surface area (Å²) < 4.78 is 16.8. The van der Waals surface area contributed by atoms with Crippen molar-refractivity contribution in [2.45, 2.75) is 19.6 Å². The number of ether oxygens (including phenoxy) is 3. The lowest BCUT2D eigenvalue weighted by molar-refractivity contribution is -0.138. The smallest absolute Gasteiger partial charge is 0.248 e. The van der Waals surface area contributed by atoms with Crippen molar-refractivity contribution in [3.63, 3.8) is 0 Å². The van der Waals surface area contributed by atoms with E-state index < -0.39 is 0 Å². The van der Waals surface area contributed by atoms with Crippen LogP contribution in [0.5, 0.6) is 11.5 Å². The molecule has 0 bridgehead atoms. The van der Waals surface area contributed by atoms with Crippen molar-refractivity contribution in [1.82, 2.24) is 4.90 Å². The first-order valence-corrected chi connectivity index (χ1v) is 10.4. The zero-order valence-corrected chi connectivity index (χ0v) is 18.3. The van der Waals surface area contributed by atoms with E-state index in [0.29, 0.717) is 24.6 Å². The van der Waals surface area contributed by atoms with E-state index >= 15 is 0 Å². The molecule has 0 atom stereocenters. The maximum Gasteiger partial charge on any atom is 0.248 e. The maximum atomic E-state index is 13.0. The van der Waals surface area contributed by atoms with E-state index in [9.17, 15) is 4.79 Å². The van der Waals surface area contributed by atoms with Crippen molar-refractivity contribution in [2.24, 2.45) is 0 Å². The highest BCUT2D eigenvalue weighted by Gasteiger charge is 2.19. The Hall–Kier alpha value is -3.31. The number of hydrogen-bond donors (Lipinski definition) is 0. The van der Waals surface area contributed by atoms with Crippen LogP contribution in [0, 0.1) is 0 Å². The first-order valence-electron chi connectivity index (χ1n) is 10.4. The van der Waals surface area contributed by atoms with E-state index in [2.05, 4.69) is 0 Å². The van der Waals surface area contributed by atoms with Crippen LogP contribution in [0.4, 0.5) is 0 Å². The Bertz CT molecular complexity index is 920. The van der Waals surface area contributed by atoms with Crippen LogP contribution in [-0.4, -0.2) is 38.2 Å². The Balaban J connectivity index is 1.70. The van der Waals surface area contributed by atoms with Gasteiger partial charge < -0.3 is 19.1 Å². The van der Waals surface area contributed by atoms with Crippen molar-refractivity contribution in [3.05, 3.63) is 95.6 Å². The van der Waals surface area contributed by atoms with Gasteiger partial charge in [-0.05, 0) is 35.7 Å². The number of methoxy groups -OCH3 is 2. The molecule has 0 aliphatic carbocycles. The molecule has 0 fully saturated rings. The Labute approximate surface area is 184 Å². The predicted octanol–water partition coefficient (Wildman–Crippen LogP) is 4.86. The van der Waals surface area contributed by atoms with Crippen LogP contribution in [0.1, 0.15) is 29.7 Å². The molecule has 0 aliphatic heterocycles. The molecule has 3 rings (SSSR count). The van der Waals surface area contributed by atoms with Crippen molar-refractivity contribution in [2.75, 3.05) is 27.4 Å². The predicted molar refractivity (Wildman–Crippen MR) is 121 cm³/mol. The summed E-state index contributed by atoms with van der Waals surface area (Å²) >= 11 is 0. The third-order valence-electron chi connectivity index (χ3n) is 5.13. The second-order valence-electron chi connectivity index (χ2n) is 7.11. The largest absolute Gasteiger partial charge is 0.493 e. The second-order valence-corrected chi connectivity index (χ2v) is 7.11. The van der Waals surface area contributed by atoms with Crippen molar-refractivity contribution < 1.29 is 19.0 Å². The minimum atomic E-state index is -0.300. The number of likely N-dealkylation sites (N-methyl/N-ethyl adjacent to an activating group) is 1. The van der Waals surface area contributed by atoms with Gasteiger partial charge >= 0.3 is 0 Å². The topological polar surface area (TPSA) is 48.0 Å². The van der Waals surface area contributed by atoms with Crippen LogP contribution < -0.4 is 9.47 Å². The number of carbonyl (C=O) groups is 1. The van der Waals surface area contributed by atoms with Crippen LogP contribution in [0.3, 0.4) is 0 Å². The lowest BCUT2D eigenvalue weighted by Crippen LogP contribution is -2.34. The molecule has 5 nitrogen and oxygen atoms in total. The van der Waals surface area contributed by atoms with Gasteiger partial charge in [-0.2, -0.15) is 0 Å². The van der Waals surface area contributed by atoms with Gasteiger partial charge in [-0.3, -0.25) is 4.79 Å². The minimum Gasteiger partial charge on any atom is -0.493 e. The molecule has 0 N–H and O–H groups in total. The highest BCUT2D eigenvalue weighted by atomic mass is 16.5. The monoisotopic (exact) mass is 419 g/mol. The Morgan fingerprint density at radius 3 is 1.94 bits per heavy atom. The Kier molecular flexibility index (Phi) is 8.07. The molecule has 31 heavy (non-hydrogen) atoms. The summed E-state index contributed by atoms with van der Waals surface area (Å²) in [6, 6.07) is 25.6. The highest BCUT2D eigenvalue weighted by molar-refractivity contribution is 5.77. The molecule has 0 saturated heterocycles. The molecule has 5 heteroatoms. The van der Waals surface area contributed by atoms with E-state index in [-0.39, 0.29) is 18.6 Å². The van der Waals surface area contributed by atoms with Gasteiger partial charge in [0.2, 0.25) is 5.91 Å². The number of benzene rings is 3.